The molecule has 0 aromatic heterocycles. The fourth-order valence-corrected chi connectivity index (χ4v) is 3.67. The van der Waals surface area contributed by atoms with E-state index in [9.17, 15) is 0 Å². The lowest BCUT2D eigenvalue weighted by Gasteiger charge is -2.15. The molecule has 0 heterocycles. The van der Waals surface area contributed by atoms with Crippen molar-refractivity contribution in [2.45, 2.75) is 19.7 Å². The second-order valence-corrected chi connectivity index (χ2v) is 7.90. The van der Waals surface area contributed by atoms with Gasteiger partial charge in [0, 0.05) is 13.1 Å². The molecule has 3 nitrogen and oxygen atoms in total. The fraction of sp³-hybridized carbons (Fsp3) is 0.182. The summed E-state index contributed by atoms with van der Waals surface area (Å²) >= 11 is 15.6. The van der Waals surface area contributed by atoms with Crippen LogP contribution in [0.15, 0.2) is 65.1 Å². The van der Waals surface area contributed by atoms with E-state index in [2.05, 4.69) is 33.4 Å². The Kier molecular flexibility index (Phi) is 9.60. The van der Waals surface area contributed by atoms with E-state index < -0.39 is 0 Å². The second-order valence-electron chi connectivity index (χ2n) is 6.24. The molecule has 0 amide bonds. The van der Waals surface area contributed by atoms with E-state index in [1.54, 1.807) is 19.2 Å². The van der Waals surface area contributed by atoms with Crippen molar-refractivity contribution in [1.82, 2.24) is 5.32 Å². The first-order valence-electron chi connectivity index (χ1n) is 8.74. The topological polar surface area (TPSA) is 30.5 Å². The van der Waals surface area contributed by atoms with Gasteiger partial charge in [-0.1, -0.05) is 59.6 Å². The standard InChI is InChI=1S/C22H20BrCl2NO2.ClH/c1-27-21-11-17(13-26-12-15-5-3-2-4-6-15)9-18(23)22(21)28-14-16-7-8-19(24)20(25)10-16;/h2-11,26H,12-14H2,1H3;1H. The van der Waals surface area contributed by atoms with Crippen LogP contribution in [0.1, 0.15) is 16.7 Å². The largest absolute Gasteiger partial charge is 0.493 e. The average molecular weight is 518 g/mol. The van der Waals surface area contributed by atoms with Crippen LogP contribution < -0.4 is 14.8 Å². The van der Waals surface area contributed by atoms with Crippen molar-refractivity contribution in [1.29, 1.82) is 0 Å². The first-order chi connectivity index (χ1) is 13.6. The minimum atomic E-state index is 0. The third-order valence-corrected chi connectivity index (χ3v) is 5.49. The Bertz CT molecular complexity index is 939. The average Bonchev–Trinajstić information content (AvgIpc) is 2.70. The summed E-state index contributed by atoms with van der Waals surface area (Å²) in [4.78, 5) is 0. The first kappa shape index (κ1) is 23.8. The summed E-state index contributed by atoms with van der Waals surface area (Å²) in [6.07, 6.45) is 0. The smallest absolute Gasteiger partial charge is 0.175 e. The van der Waals surface area contributed by atoms with Crippen molar-refractivity contribution >= 4 is 51.5 Å². The number of benzene rings is 3. The highest BCUT2D eigenvalue weighted by Crippen LogP contribution is 2.37. The quantitative estimate of drug-likeness (QED) is 0.347. The molecule has 0 saturated heterocycles. The Morgan fingerprint density at radius 1 is 0.862 bits per heavy atom. The maximum Gasteiger partial charge on any atom is 0.175 e. The lowest BCUT2D eigenvalue weighted by Crippen LogP contribution is -2.12. The van der Waals surface area contributed by atoms with Gasteiger partial charge in [0.1, 0.15) is 6.61 Å². The van der Waals surface area contributed by atoms with Crippen LogP contribution in [-0.2, 0) is 19.7 Å². The third-order valence-electron chi connectivity index (χ3n) is 4.16. The van der Waals surface area contributed by atoms with E-state index in [1.807, 2.05) is 36.4 Å². The molecule has 154 valence electrons. The van der Waals surface area contributed by atoms with Crippen molar-refractivity contribution in [2.75, 3.05) is 7.11 Å². The Morgan fingerprint density at radius 2 is 1.59 bits per heavy atom. The maximum absolute atomic E-state index is 6.07. The molecule has 0 saturated carbocycles. The van der Waals surface area contributed by atoms with Crippen LogP contribution in [0.5, 0.6) is 11.5 Å². The van der Waals surface area contributed by atoms with Gasteiger partial charge in [-0.2, -0.15) is 0 Å². The molecule has 0 bridgehead atoms. The zero-order valence-electron chi connectivity index (χ0n) is 15.8. The molecular formula is C22H21BrCl3NO2. The molecule has 0 aliphatic rings. The van der Waals surface area contributed by atoms with Gasteiger partial charge in [-0.25, -0.2) is 0 Å². The van der Waals surface area contributed by atoms with Crippen LogP contribution in [-0.4, -0.2) is 7.11 Å². The monoisotopic (exact) mass is 515 g/mol. The molecule has 1 N–H and O–H groups in total. The van der Waals surface area contributed by atoms with Gasteiger partial charge >= 0.3 is 0 Å². The minimum Gasteiger partial charge on any atom is -0.493 e. The fourth-order valence-electron chi connectivity index (χ4n) is 2.75. The number of halogens is 4. The van der Waals surface area contributed by atoms with Crippen LogP contribution in [0.4, 0.5) is 0 Å². The van der Waals surface area contributed by atoms with E-state index in [0.29, 0.717) is 28.2 Å². The first-order valence-corrected chi connectivity index (χ1v) is 10.3. The summed E-state index contributed by atoms with van der Waals surface area (Å²) in [5.41, 5.74) is 3.27. The van der Waals surface area contributed by atoms with E-state index >= 15 is 0 Å². The Morgan fingerprint density at radius 3 is 2.28 bits per heavy atom. The van der Waals surface area contributed by atoms with Gasteiger partial charge in [-0.3, -0.25) is 0 Å². The van der Waals surface area contributed by atoms with Crippen molar-refractivity contribution in [3.05, 3.63) is 91.9 Å². The molecule has 29 heavy (non-hydrogen) atoms. The number of methoxy groups -OCH3 is 1. The third kappa shape index (κ3) is 6.80. The van der Waals surface area contributed by atoms with Crippen LogP contribution in [0.25, 0.3) is 0 Å². The van der Waals surface area contributed by atoms with Crippen molar-refractivity contribution in [3.63, 3.8) is 0 Å². The molecule has 0 spiro atoms. The lowest BCUT2D eigenvalue weighted by atomic mass is 10.2. The summed E-state index contributed by atoms with van der Waals surface area (Å²) in [7, 11) is 1.63. The molecular weight excluding hydrogens is 497 g/mol. The predicted molar refractivity (Wildman–Crippen MR) is 126 cm³/mol. The molecule has 0 aliphatic carbocycles. The number of rotatable bonds is 8. The Hall–Kier alpha value is -1.43. The summed E-state index contributed by atoms with van der Waals surface area (Å²) in [6.45, 7) is 1.88. The normalized spacial score (nSPS) is 10.3. The van der Waals surface area contributed by atoms with Crippen molar-refractivity contribution in [3.8, 4) is 11.5 Å². The Balaban J connectivity index is 0.00000300. The van der Waals surface area contributed by atoms with Gasteiger partial charge in [-0.05, 0) is 56.9 Å². The van der Waals surface area contributed by atoms with Crippen LogP contribution in [0.3, 0.4) is 0 Å². The van der Waals surface area contributed by atoms with E-state index in [0.717, 1.165) is 28.7 Å². The Labute approximate surface area is 195 Å². The SMILES string of the molecule is COc1cc(CNCc2ccccc2)cc(Br)c1OCc1ccc(Cl)c(Cl)c1.Cl. The molecule has 0 unspecified atom stereocenters. The van der Waals surface area contributed by atoms with Crippen molar-refractivity contribution in [2.24, 2.45) is 0 Å². The summed E-state index contributed by atoms with van der Waals surface area (Å²) < 4.78 is 12.3. The highest BCUT2D eigenvalue weighted by atomic mass is 79.9. The van der Waals surface area contributed by atoms with Crippen LogP contribution >= 0.6 is 51.5 Å². The molecule has 0 atom stereocenters. The zero-order valence-corrected chi connectivity index (χ0v) is 19.7. The van der Waals surface area contributed by atoms with Crippen LogP contribution in [0.2, 0.25) is 10.0 Å². The molecule has 0 aliphatic heterocycles. The number of ether oxygens (including phenoxy) is 2. The minimum absolute atomic E-state index is 0. The number of hydrogen-bond acceptors (Lipinski definition) is 3. The van der Waals surface area contributed by atoms with Gasteiger partial charge in [0.05, 0.1) is 21.6 Å². The van der Waals surface area contributed by atoms with Crippen LogP contribution in [0, 0.1) is 0 Å². The molecule has 7 heteroatoms. The van der Waals surface area contributed by atoms with Gasteiger partial charge in [0.25, 0.3) is 0 Å². The van der Waals surface area contributed by atoms with Gasteiger partial charge < -0.3 is 14.8 Å². The highest BCUT2D eigenvalue weighted by Gasteiger charge is 2.12. The molecule has 3 aromatic rings. The van der Waals surface area contributed by atoms with E-state index in [-0.39, 0.29) is 12.4 Å². The van der Waals surface area contributed by atoms with Crippen molar-refractivity contribution < 1.29 is 9.47 Å². The number of nitrogens with one attached hydrogen (secondary N) is 1. The molecule has 3 aromatic carbocycles. The second kappa shape index (κ2) is 11.7. The van der Waals surface area contributed by atoms with E-state index in [4.69, 9.17) is 32.7 Å². The molecule has 0 fully saturated rings. The highest BCUT2D eigenvalue weighted by molar-refractivity contribution is 9.10. The van der Waals surface area contributed by atoms with Gasteiger partial charge in [-0.15, -0.1) is 12.4 Å². The van der Waals surface area contributed by atoms with Gasteiger partial charge in [0.15, 0.2) is 11.5 Å². The van der Waals surface area contributed by atoms with Gasteiger partial charge in [0.2, 0.25) is 0 Å². The number of hydrogen-bond donors (Lipinski definition) is 1. The molecule has 0 radical (unpaired) electrons. The summed E-state index contributed by atoms with van der Waals surface area (Å²) in [5, 5.41) is 4.47. The maximum atomic E-state index is 6.07. The summed E-state index contributed by atoms with van der Waals surface area (Å²) in [6, 6.07) is 19.7. The summed E-state index contributed by atoms with van der Waals surface area (Å²) in [5.74, 6) is 1.33. The van der Waals surface area contributed by atoms with E-state index in [1.165, 1.54) is 5.56 Å². The zero-order chi connectivity index (χ0) is 19.9. The lowest BCUT2D eigenvalue weighted by molar-refractivity contribution is 0.282. The molecule has 3 rings (SSSR count). The predicted octanol–water partition coefficient (Wildman–Crippen LogP) is 7.06.